The summed E-state index contributed by atoms with van der Waals surface area (Å²) in [6, 6.07) is -0.541. The molecule has 0 bridgehead atoms. The highest BCUT2D eigenvalue weighted by molar-refractivity contribution is 5.88. The molecule has 0 unspecified atom stereocenters. The van der Waals surface area contributed by atoms with E-state index < -0.39 is 11.9 Å². The van der Waals surface area contributed by atoms with E-state index >= 15 is 0 Å². The van der Waals surface area contributed by atoms with E-state index in [1.54, 1.807) is 6.08 Å². The summed E-state index contributed by atoms with van der Waals surface area (Å²) < 4.78 is 0. The molecule has 0 radical (unpaired) electrons. The van der Waals surface area contributed by atoms with Gasteiger partial charge in [-0.2, -0.15) is 0 Å². The molecule has 0 heterocycles. The Morgan fingerprint density at radius 1 is 1.57 bits per heavy atom. The third kappa shape index (κ3) is 3.20. The van der Waals surface area contributed by atoms with Crippen molar-refractivity contribution in [3.05, 3.63) is 12.7 Å². The molecule has 0 aromatic rings. The summed E-state index contributed by atoms with van der Waals surface area (Å²) in [6.07, 6.45) is 4.78. The molecule has 0 aromatic heterocycles. The minimum atomic E-state index is -0.541. The molecular weight excluding hydrogens is 180 g/mol. The first-order valence-corrected chi connectivity index (χ1v) is 4.85. The molecule has 0 spiro atoms. The highest BCUT2D eigenvalue weighted by Crippen LogP contribution is 2.28. The van der Waals surface area contributed by atoms with E-state index in [-0.39, 0.29) is 11.8 Å². The number of carbonyl (C=O) groups is 2. The molecule has 4 heteroatoms. The fourth-order valence-corrected chi connectivity index (χ4v) is 1.21. The molecule has 1 aliphatic rings. The summed E-state index contributed by atoms with van der Waals surface area (Å²) >= 11 is 0. The van der Waals surface area contributed by atoms with Gasteiger partial charge in [0.15, 0.2) is 0 Å². The second kappa shape index (κ2) is 4.79. The maximum atomic E-state index is 11.3. The van der Waals surface area contributed by atoms with E-state index in [0.29, 0.717) is 12.8 Å². The van der Waals surface area contributed by atoms with E-state index in [9.17, 15) is 9.59 Å². The Bertz CT molecular complexity index is 247. The van der Waals surface area contributed by atoms with Crippen molar-refractivity contribution in [3.63, 3.8) is 0 Å². The third-order valence-electron chi connectivity index (χ3n) is 2.27. The number of hydrogen-bond donors (Lipinski definition) is 2. The fraction of sp³-hybridized carbons (Fsp3) is 0.600. The molecule has 1 fully saturated rings. The van der Waals surface area contributed by atoms with Gasteiger partial charge >= 0.3 is 0 Å². The molecule has 1 saturated carbocycles. The minimum absolute atomic E-state index is 0.0436. The second-order valence-corrected chi connectivity index (χ2v) is 3.60. The van der Waals surface area contributed by atoms with Crippen molar-refractivity contribution < 1.29 is 9.59 Å². The molecule has 0 aromatic carbocycles. The standard InChI is InChI=1S/C10H16N2O2/c1-2-3-4-8(9(11)13)12-10(14)7-5-6-7/h2,7-8H,1,3-6H2,(H2,11,13)(H,12,14)/t8-/m1/s1. The Morgan fingerprint density at radius 2 is 2.21 bits per heavy atom. The van der Waals surface area contributed by atoms with Crippen LogP contribution in [0.25, 0.3) is 0 Å². The zero-order valence-corrected chi connectivity index (χ0v) is 8.16. The molecule has 78 valence electrons. The number of hydrogen-bond acceptors (Lipinski definition) is 2. The lowest BCUT2D eigenvalue weighted by Crippen LogP contribution is -2.44. The molecule has 4 nitrogen and oxygen atoms in total. The van der Waals surface area contributed by atoms with E-state index in [4.69, 9.17) is 5.73 Å². The molecule has 1 rings (SSSR count). The quantitative estimate of drug-likeness (QED) is 0.601. The zero-order chi connectivity index (χ0) is 10.6. The van der Waals surface area contributed by atoms with Crippen LogP contribution in [0.5, 0.6) is 0 Å². The lowest BCUT2D eigenvalue weighted by molar-refractivity contribution is -0.128. The van der Waals surface area contributed by atoms with Crippen LogP contribution in [-0.2, 0) is 9.59 Å². The number of rotatable bonds is 6. The van der Waals surface area contributed by atoms with Crippen LogP contribution in [0.2, 0.25) is 0 Å². The monoisotopic (exact) mass is 196 g/mol. The Kier molecular flexibility index (Phi) is 3.68. The highest BCUT2D eigenvalue weighted by atomic mass is 16.2. The van der Waals surface area contributed by atoms with E-state index in [1.165, 1.54) is 0 Å². The van der Waals surface area contributed by atoms with Crippen LogP contribution in [0.1, 0.15) is 25.7 Å². The molecule has 1 aliphatic carbocycles. The van der Waals surface area contributed by atoms with Crippen LogP contribution in [0.15, 0.2) is 12.7 Å². The summed E-state index contributed by atoms with van der Waals surface area (Å²) in [4.78, 5) is 22.3. The first-order chi connectivity index (χ1) is 6.65. The number of primary amides is 1. The Hall–Kier alpha value is -1.32. The predicted molar refractivity (Wildman–Crippen MR) is 53.3 cm³/mol. The highest BCUT2D eigenvalue weighted by Gasteiger charge is 2.31. The molecular formula is C10H16N2O2. The van der Waals surface area contributed by atoms with Crippen molar-refractivity contribution in [2.24, 2.45) is 11.7 Å². The average molecular weight is 196 g/mol. The first-order valence-electron chi connectivity index (χ1n) is 4.85. The van der Waals surface area contributed by atoms with Crippen LogP contribution >= 0.6 is 0 Å². The second-order valence-electron chi connectivity index (χ2n) is 3.60. The van der Waals surface area contributed by atoms with Gasteiger partial charge < -0.3 is 11.1 Å². The van der Waals surface area contributed by atoms with Crippen LogP contribution in [0, 0.1) is 5.92 Å². The average Bonchev–Trinajstić information content (AvgIpc) is 2.94. The van der Waals surface area contributed by atoms with Crippen molar-refractivity contribution in [1.82, 2.24) is 5.32 Å². The topological polar surface area (TPSA) is 72.2 Å². The molecule has 3 N–H and O–H groups in total. The number of allylic oxidation sites excluding steroid dienone is 1. The summed E-state index contributed by atoms with van der Waals surface area (Å²) in [5.41, 5.74) is 5.16. The number of carbonyl (C=O) groups excluding carboxylic acids is 2. The van der Waals surface area contributed by atoms with Crippen molar-refractivity contribution >= 4 is 11.8 Å². The lowest BCUT2D eigenvalue weighted by atomic mass is 10.1. The normalized spacial score (nSPS) is 17.1. The minimum Gasteiger partial charge on any atom is -0.368 e. The van der Waals surface area contributed by atoms with E-state index in [0.717, 1.165) is 12.8 Å². The summed E-state index contributed by atoms with van der Waals surface area (Å²) in [5, 5.41) is 2.65. The van der Waals surface area contributed by atoms with Crippen molar-refractivity contribution in [3.8, 4) is 0 Å². The van der Waals surface area contributed by atoms with Gasteiger partial charge in [-0.25, -0.2) is 0 Å². The lowest BCUT2D eigenvalue weighted by Gasteiger charge is -2.13. The van der Waals surface area contributed by atoms with E-state index in [1.807, 2.05) is 0 Å². The van der Waals surface area contributed by atoms with Gasteiger partial charge in [0.05, 0.1) is 0 Å². The van der Waals surface area contributed by atoms with Crippen LogP contribution in [0.3, 0.4) is 0 Å². The summed E-state index contributed by atoms with van der Waals surface area (Å²) in [7, 11) is 0. The predicted octanol–water partition coefficient (Wildman–Crippen LogP) is 0.333. The summed E-state index contributed by atoms with van der Waals surface area (Å²) in [5.74, 6) is -0.403. The van der Waals surface area contributed by atoms with Gasteiger partial charge in [-0.05, 0) is 25.7 Å². The number of amides is 2. The number of nitrogens with two attached hydrogens (primary N) is 1. The number of nitrogens with one attached hydrogen (secondary N) is 1. The molecule has 0 saturated heterocycles. The Balaban J connectivity index is 2.36. The van der Waals surface area contributed by atoms with Crippen LogP contribution < -0.4 is 11.1 Å². The third-order valence-corrected chi connectivity index (χ3v) is 2.27. The SMILES string of the molecule is C=CCC[C@@H](NC(=O)C1CC1)C(N)=O. The van der Waals surface area contributed by atoms with Crippen molar-refractivity contribution in [2.45, 2.75) is 31.7 Å². The Morgan fingerprint density at radius 3 is 2.64 bits per heavy atom. The summed E-state index contributed by atoms with van der Waals surface area (Å²) in [6.45, 7) is 3.55. The van der Waals surface area contributed by atoms with Gasteiger partial charge in [0, 0.05) is 5.92 Å². The molecule has 14 heavy (non-hydrogen) atoms. The first kappa shape index (κ1) is 10.8. The Labute approximate surface area is 83.5 Å². The maximum Gasteiger partial charge on any atom is 0.240 e. The van der Waals surface area contributed by atoms with Crippen molar-refractivity contribution in [1.29, 1.82) is 0 Å². The van der Waals surface area contributed by atoms with Gasteiger partial charge in [0.25, 0.3) is 0 Å². The van der Waals surface area contributed by atoms with Gasteiger partial charge in [-0.1, -0.05) is 6.08 Å². The van der Waals surface area contributed by atoms with Gasteiger partial charge in [-0.15, -0.1) is 6.58 Å². The fourth-order valence-electron chi connectivity index (χ4n) is 1.21. The molecule has 0 aliphatic heterocycles. The van der Waals surface area contributed by atoms with Gasteiger partial charge in [0.2, 0.25) is 11.8 Å². The molecule has 2 amide bonds. The zero-order valence-electron chi connectivity index (χ0n) is 8.16. The molecule has 1 atom stereocenters. The van der Waals surface area contributed by atoms with Crippen LogP contribution in [-0.4, -0.2) is 17.9 Å². The smallest absolute Gasteiger partial charge is 0.240 e. The van der Waals surface area contributed by atoms with E-state index in [2.05, 4.69) is 11.9 Å². The maximum absolute atomic E-state index is 11.3. The van der Waals surface area contributed by atoms with Crippen LogP contribution in [0.4, 0.5) is 0 Å². The van der Waals surface area contributed by atoms with Gasteiger partial charge in [-0.3, -0.25) is 9.59 Å². The largest absolute Gasteiger partial charge is 0.368 e. The van der Waals surface area contributed by atoms with Gasteiger partial charge in [0.1, 0.15) is 6.04 Å². The van der Waals surface area contributed by atoms with Crippen molar-refractivity contribution in [2.75, 3.05) is 0 Å².